The Bertz CT molecular complexity index is 1040. The Kier molecular flexibility index (Phi) is 4.16. The molecule has 0 radical (unpaired) electrons. The minimum absolute atomic E-state index is 0.278. The van der Waals surface area contributed by atoms with Crippen LogP contribution in [0.5, 0.6) is 0 Å². The van der Waals surface area contributed by atoms with Crippen LogP contribution in [0.1, 0.15) is 22.8 Å². The van der Waals surface area contributed by atoms with E-state index in [1.165, 1.54) is 17.3 Å². The van der Waals surface area contributed by atoms with Crippen molar-refractivity contribution in [3.63, 3.8) is 0 Å². The summed E-state index contributed by atoms with van der Waals surface area (Å²) >= 11 is 6.09. The third-order valence-corrected chi connectivity index (χ3v) is 4.67. The quantitative estimate of drug-likeness (QED) is 0.703. The summed E-state index contributed by atoms with van der Waals surface area (Å²) in [6.45, 7) is 1.59. The second-order valence-corrected chi connectivity index (χ2v) is 6.85. The van der Waals surface area contributed by atoms with Crippen LogP contribution < -0.4 is 5.32 Å². The van der Waals surface area contributed by atoms with Gasteiger partial charge in [-0.2, -0.15) is 5.10 Å². The zero-order chi connectivity index (χ0) is 19.0. The minimum Gasteiger partial charge on any atom is -0.445 e. The van der Waals surface area contributed by atoms with Crippen LogP contribution in [0.2, 0.25) is 5.02 Å². The van der Waals surface area contributed by atoms with E-state index in [2.05, 4.69) is 15.4 Å². The Morgan fingerprint density at radius 3 is 2.89 bits per heavy atom. The van der Waals surface area contributed by atoms with Gasteiger partial charge in [-0.05, 0) is 36.8 Å². The van der Waals surface area contributed by atoms with E-state index in [1.807, 2.05) is 12.1 Å². The van der Waals surface area contributed by atoms with E-state index in [0.717, 1.165) is 5.56 Å². The fraction of sp³-hybridized carbons (Fsp3) is 0.158. The molecule has 1 aliphatic heterocycles. The molecule has 2 heterocycles. The number of anilines is 1. The second kappa shape index (κ2) is 6.51. The number of carbonyl (C=O) groups is 2. The first kappa shape index (κ1) is 17.2. The molecule has 0 bridgehead atoms. The molecule has 2 aromatic carbocycles. The van der Waals surface area contributed by atoms with Crippen molar-refractivity contribution in [2.75, 3.05) is 5.32 Å². The highest BCUT2D eigenvalue weighted by atomic mass is 35.5. The van der Waals surface area contributed by atoms with Crippen LogP contribution in [0.4, 0.5) is 5.69 Å². The molecule has 0 fully saturated rings. The standard InChI is InChI=1S/C19H15ClN4O3/c1-19(9-12-4-2-3-5-14(12)17(25)27-19)18(26)23-15-8-13(20)6-7-16(15)24-11-21-10-22-24/h2-8,10-11H,9H2,1H3,(H,23,26)/t19-/m0/s1. The van der Waals surface area contributed by atoms with Gasteiger partial charge < -0.3 is 10.1 Å². The smallest absolute Gasteiger partial charge is 0.339 e. The van der Waals surface area contributed by atoms with E-state index in [9.17, 15) is 9.59 Å². The van der Waals surface area contributed by atoms with Gasteiger partial charge in [-0.1, -0.05) is 29.8 Å². The van der Waals surface area contributed by atoms with E-state index in [1.54, 1.807) is 37.3 Å². The van der Waals surface area contributed by atoms with Crippen molar-refractivity contribution in [3.8, 4) is 5.69 Å². The lowest BCUT2D eigenvalue weighted by molar-refractivity contribution is -0.134. The number of halogens is 1. The van der Waals surface area contributed by atoms with Gasteiger partial charge in [0.2, 0.25) is 0 Å². The normalized spacial score (nSPS) is 18.5. The molecule has 8 heteroatoms. The molecular formula is C19H15ClN4O3. The van der Waals surface area contributed by atoms with E-state index in [0.29, 0.717) is 22.0 Å². The van der Waals surface area contributed by atoms with Crippen LogP contribution in [-0.4, -0.2) is 32.2 Å². The Labute approximate surface area is 159 Å². The summed E-state index contributed by atoms with van der Waals surface area (Å²) in [6.07, 6.45) is 3.18. The SMILES string of the molecule is C[C@@]1(C(=O)Nc2cc(Cl)ccc2-n2cncn2)Cc2ccccc2C(=O)O1. The number of ether oxygens (including phenoxy) is 1. The topological polar surface area (TPSA) is 86.1 Å². The average Bonchev–Trinajstić information content (AvgIpc) is 3.16. The lowest BCUT2D eigenvalue weighted by Gasteiger charge is -2.33. The third-order valence-electron chi connectivity index (χ3n) is 4.44. The number of aromatic nitrogens is 3. The van der Waals surface area contributed by atoms with Crippen molar-refractivity contribution in [3.05, 3.63) is 71.3 Å². The lowest BCUT2D eigenvalue weighted by Crippen LogP contribution is -2.49. The van der Waals surface area contributed by atoms with Gasteiger partial charge in [0.05, 0.1) is 16.9 Å². The molecule has 3 aromatic rings. The number of hydrogen-bond acceptors (Lipinski definition) is 5. The predicted octanol–water partition coefficient (Wildman–Crippen LogP) is 3.03. The molecule has 7 nitrogen and oxygen atoms in total. The number of benzene rings is 2. The monoisotopic (exact) mass is 382 g/mol. The molecule has 136 valence electrons. The molecule has 4 rings (SSSR count). The highest BCUT2D eigenvalue weighted by molar-refractivity contribution is 6.31. The van der Waals surface area contributed by atoms with Crippen molar-refractivity contribution in [1.82, 2.24) is 14.8 Å². The maximum atomic E-state index is 13.0. The van der Waals surface area contributed by atoms with Gasteiger partial charge in [-0.15, -0.1) is 0 Å². The largest absolute Gasteiger partial charge is 0.445 e. The molecule has 0 saturated heterocycles. The zero-order valence-electron chi connectivity index (χ0n) is 14.3. The predicted molar refractivity (Wildman–Crippen MR) is 99.0 cm³/mol. The summed E-state index contributed by atoms with van der Waals surface area (Å²) in [5, 5.41) is 7.34. The number of carbonyl (C=O) groups excluding carboxylic acids is 2. The number of amides is 1. The van der Waals surface area contributed by atoms with Gasteiger partial charge in [-0.25, -0.2) is 14.5 Å². The van der Waals surface area contributed by atoms with Gasteiger partial charge in [0, 0.05) is 11.4 Å². The second-order valence-electron chi connectivity index (χ2n) is 6.41. The van der Waals surface area contributed by atoms with Crippen molar-refractivity contribution < 1.29 is 14.3 Å². The molecule has 0 unspecified atom stereocenters. The van der Waals surface area contributed by atoms with E-state index >= 15 is 0 Å². The van der Waals surface area contributed by atoms with Crippen LogP contribution in [0.25, 0.3) is 5.69 Å². The molecule has 0 spiro atoms. The first-order valence-electron chi connectivity index (χ1n) is 8.23. The van der Waals surface area contributed by atoms with Crippen LogP contribution >= 0.6 is 11.6 Å². The van der Waals surface area contributed by atoms with Crippen molar-refractivity contribution in [2.24, 2.45) is 0 Å². The molecule has 0 aliphatic carbocycles. The van der Waals surface area contributed by atoms with Crippen LogP contribution in [0, 0.1) is 0 Å². The molecule has 27 heavy (non-hydrogen) atoms. The fourth-order valence-electron chi connectivity index (χ4n) is 3.05. The number of cyclic esters (lactones) is 1. The van der Waals surface area contributed by atoms with Crippen LogP contribution in [0.3, 0.4) is 0 Å². The highest BCUT2D eigenvalue weighted by Gasteiger charge is 2.42. The van der Waals surface area contributed by atoms with Crippen molar-refractivity contribution in [2.45, 2.75) is 18.9 Å². The van der Waals surface area contributed by atoms with E-state index in [4.69, 9.17) is 16.3 Å². The summed E-state index contributed by atoms with van der Waals surface area (Å²) in [5.74, 6) is -0.967. The molecule has 1 amide bonds. The van der Waals surface area contributed by atoms with Gasteiger partial charge in [0.15, 0.2) is 5.60 Å². The van der Waals surface area contributed by atoms with E-state index in [-0.39, 0.29) is 6.42 Å². The van der Waals surface area contributed by atoms with Crippen LogP contribution in [0.15, 0.2) is 55.1 Å². The third kappa shape index (κ3) is 3.17. The molecule has 0 saturated carbocycles. The van der Waals surface area contributed by atoms with Crippen molar-refractivity contribution >= 4 is 29.2 Å². The molecule has 1 N–H and O–H groups in total. The summed E-state index contributed by atoms with van der Waals surface area (Å²) in [5.41, 5.74) is 0.946. The van der Waals surface area contributed by atoms with E-state index < -0.39 is 17.5 Å². The minimum atomic E-state index is -1.34. The summed E-state index contributed by atoms with van der Waals surface area (Å²) < 4.78 is 6.99. The highest BCUT2D eigenvalue weighted by Crippen LogP contribution is 2.31. The number of nitrogens with zero attached hydrogens (tertiary/aromatic N) is 3. The Hall–Kier alpha value is -3.19. The first-order valence-corrected chi connectivity index (χ1v) is 8.61. The van der Waals surface area contributed by atoms with Crippen molar-refractivity contribution in [1.29, 1.82) is 0 Å². The zero-order valence-corrected chi connectivity index (χ0v) is 15.1. The molecule has 1 aliphatic rings. The first-order chi connectivity index (χ1) is 13.0. The molecule has 1 aromatic heterocycles. The Morgan fingerprint density at radius 2 is 2.11 bits per heavy atom. The average molecular weight is 383 g/mol. The summed E-state index contributed by atoms with van der Waals surface area (Å²) in [6, 6.07) is 12.1. The number of esters is 1. The summed E-state index contributed by atoms with van der Waals surface area (Å²) in [4.78, 5) is 29.2. The Morgan fingerprint density at radius 1 is 1.30 bits per heavy atom. The number of nitrogens with one attached hydrogen (secondary N) is 1. The van der Waals surface area contributed by atoms with Gasteiger partial charge in [0.25, 0.3) is 5.91 Å². The molecular weight excluding hydrogens is 368 g/mol. The lowest BCUT2D eigenvalue weighted by atomic mass is 9.89. The number of hydrogen-bond donors (Lipinski definition) is 1. The Balaban J connectivity index is 1.65. The maximum absolute atomic E-state index is 13.0. The number of rotatable bonds is 3. The van der Waals surface area contributed by atoms with Gasteiger partial charge in [0.1, 0.15) is 12.7 Å². The maximum Gasteiger partial charge on any atom is 0.339 e. The van der Waals surface area contributed by atoms with Gasteiger partial charge in [-0.3, -0.25) is 4.79 Å². The summed E-state index contributed by atoms with van der Waals surface area (Å²) in [7, 11) is 0. The molecule has 1 atom stereocenters. The van der Waals surface area contributed by atoms with Crippen LogP contribution in [-0.2, 0) is 16.0 Å². The van der Waals surface area contributed by atoms with Gasteiger partial charge >= 0.3 is 5.97 Å². The fourth-order valence-corrected chi connectivity index (χ4v) is 3.23. The number of fused-ring (bicyclic) bond motifs is 1.